The number of nitrogens with zero attached hydrogens (tertiary/aromatic N) is 8. The number of fused-ring (bicyclic) bond motifs is 1. The largest absolute Gasteiger partial charge is 0.434 e. The molecule has 37 heavy (non-hydrogen) atoms. The summed E-state index contributed by atoms with van der Waals surface area (Å²) in [6.07, 6.45) is -0.335. The molecule has 1 aromatic carbocycles. The second-order valence-corrected chi connectivity index (χ2v) is 7.66. The lowest BCUT2D eigenvalue weighted by atomic mass is 10.1. The number of rotatable bonds is 4. The van der Waals surface area contributed by atoms with Crippen molar-refractivity contribution in [2.45, 2.75) is 13.1 Å². The highest BCUT2D eigenvalue weighted by molar-refractivity contribution is 6.05. The second-order valence-electron chi connectivity index (χ2n) is 7.66. The van der Waals surface area contributed by atoms with Gasteiger partial charge in [0, 0.05) is 11.6 Å². The van der Waals surface area contributed by atoms with Gasteiger partial charge in [-0.1, -0.05) is 12.1 Å². The van der Waals surface area contributed by atoms with E-state index in [-0.39, 0.29) is 39.4 Å². The molecule has 4 aromatic heterocycles. The highest BCUT2D eigenvalue weighted by atomic mass is 19.4. The van der Waals surface area contributed by atoms with E-state index < -0.39 is 29.2 Å². The molecular formula is C23H13F4N9O. The van der Waals surface area contributed by atoms with E-state index >= 15 is 0 Å². The Hall–Kier alpha value is -5.19. The van der Waals surface area contributed by atoms with Crippen LogP contribution in [-0.2, 0) is 6.18 Å². The number of aromatic nitrogens is 7. The van der Waals surface area contributed by atoms with Gasteiger partial charge < -0.3 is 5.32 Å². The van der Waals surface area contributed by atoms with Gasteiger partial charge in [0.05, 0.1) is 41.2 Å². The molecule has 0 aliphatic carbocycles. The molecule has 0 unspecified atom stereocenters. The average molecular weight is 507 g/mol. The van der Waals surface area contributed by atoms with Crippen LogP contribution < -0.4 is 5.32 Å². The van der Waals surface area contributed by atoms with Crippen LogP contribution in [-0.4, -0.2) is 40.6 Å². The summed E-state index contributed by atoms with van der Waals surface area (Å²) in [5.74, 6) is -1.77. The molecule has 14 heteroatoms. The van der Waals surface area contributed by atoms with E-state index in [1.54, 1.807) is 0 Å². The molecule has 5 rings (SSSR count). The van der Waals surface area contributed by atoms with E-state index in [1.165, 1.54) is 43.6 Å². The number of para-hydroxylation sites is 1. The zero-order chi connectivity index (χ0) is 26.3. The SMILES string of the molecule is Cc1nc(-n2nccn2)c(C#N)cc1NC(=O)c1cnn(-c2ccnc3c(F)cccc23)c1C(F)(F)F. The summed E-state index contributed by atoms with van der Waals surface area (Å²) < 4.78 is 57.4. The van der Waals surface area contributed by atoms with Crippen LogP contribution >= 0.6 is 0 Å². The van der Waals surface area contributed by atoms with Crippen molar-refractivity contribution in [2.75, 3.05) is 5.32 Å². The summed E-state index contributed by atoms with van der Waals surface area (Å²) in [5.41, 5.74) is -2.22. The fourth-order valence-corrected chi connectivity index (χ4v) is 3.75. The Morgan fingerprint density at radius 3 is 2.57 bits per heavy atom. The van der Waals surface area contributed by atoms with Gasteiger partial charge >= 0.3 is 6.18 Å². The van der Waals surface area contributed by atoms with Gasteiger partial charge in [-0.05, 0) is 25.1 Å². The Bertz CT molecular complexity index is 1700. The van der Waals surface area contributed by atoms with Crippen LogP contribution in [0.5, 0.6) is 0 Å². The van der Waals surface area contributed by atoms with Crippen LogP contribution in [0, 0.1) is 24.1 Å². The second kappa shape index (κ2) is 8.79. The molecule has 0 saturated carbocycles. The number of nitriles is 1. The minimum atomic E-state index is -5.01. The van der Waals surface area contributed by atoms with E-state index in [9.17, 15) is 27.6 Å². The molecular weight excluding hydrogens is 494 g/mol. The van der Waals surface area contributed by atoms with E-state index in [0.717, 1.165) is 23.3 Å². The van der Waals surface area contributed by atoms with Crippen molar-refractivity contribution < 1.29 is 22.4 Å². The maximum atomic E-state index is 14.2. The van der Waals surface area contributed by atoms with Gasteiger partial charge in [0.1, 0.15) is 23.0 Å². The number of hydrogen-bond donors (Lipinski definition) is 1. The van der Waals surface area contributed by atoms with Crippen molar-refractivity contribution >= 4 is 22.5 Å². The maximum absolute atomic E-state index is 14.2. The number of halogens is 4. The van der Waals surface area contributed by atoms with Gasteiger partial charge in [-0.3, -0.25) is 9.78 Å². The number of benzene rings is 1. The molecule has 1 amide bonds. The molecule has 1 N–H and O–H groups in total. The lowest BCUT2D eigenvalue weighted by Gasteiger charge is -2.15. The predicted molar refractivity (Wildman–Crippen MR) is 120 cm³/mol. The van der Waals surface area contributed by atoms with Crippen molar-refractivity contribution in [3.63, 3.8) is 0 Å². The summed E-state index contributed by atoms with van der Waals surface area (Å²) in [7, 11) is 0. The Kier molecular flexibility index (Phi) is 5.59. The number of nitrogens with one attached hydrogen (secondary N) is 1. The summed E-state index contributed by atoms with van der Waals surface area (Å²) in [6, 6.07) is 8.26. The lowest BCUT2D eigenvalue weighted by Crippen LogP contribution is -2.21. The van der Waals surface area contributed by atoms with Crippen LogP contribution in [0.4, 0.5) is 23.2 Å². The first-order valence-electron chi connectivity index (χ1n) is 10.5. The van der Waals surface area contributed by atoms with Crippen LogP contribution in [0.15, 0.2) is 55.1 Å². The Labute approximate surface area is 204 Å². The fourth-order valence-electron chi connectivity index (χ4n) is 3.75. The maximum Gasteiger partial charge on any atom is 0.434 e. The minimum absolute atomic E-state index is 0.00904. The van der Waals surface area contributed by atoms with Gasteiger partial charge in [0.25, 0.3) is 5.91 Å². The molecule has 0 saturated heterocycles. The number of carbonyl (C=O) groups excluding carboxylic acids is 1. The molecule has 0 aliphatic rings. The zero-order valence-electron chi connectivity index (χ0n) is 18.7. The van der Waals surface area contributed by atoms with Gasteiger partial charge in [-0.15, -0.1) is 4.80 Å². The first-order valence-corrected chi connectivity index (χ1v) is 10.5. The van der Waals surface area contributed by atoms with Crippen molar-refractivity contribution in [1.29, 1.82) is 5.26 Å². The van der Waals surface area contributed by atoms with Crippen molar-refractivity contribution in [3.05, 3.63) is 83.5 Å². The molecule has 0 radical (unpaired) electrons. The van der Waals surface area contributed by atoms with Gasteiger partial charge in [-0.2, -0.15) is 33.7 Å². The summed E-state index contributed by atoms with van der Waals surface area (Å²) in [6.45, 7) is 1.50. The number of amides is 1. The number of pyridine rings is 2. The summed E-state index contributed by atoms with van der Waals surface area (Å²) in [4.78, 5) is 22.2. The number of carbonyl (C=O) groups is 1. The molecule has 5 aromatic rings. The van der Waals surface area contributed by atoms with Crippen LogP contribution in [0.2, 0.25) is 0 Å². The van der Waals surface area contributed by atoms with E-state index in [4.69, 9.17) is 0 Å². The first kappa shape index (κ1) is 23.5. The minimum Gasteiger partial charge on any atom is -0.320 e. The average Bonchev–Trinajstić information content (AvgIpc) is 3.55. The summed E-state index contributed by atoms with van der Waals surface area (Å²) in [5, 5.41) is 23.6. The van der Waals surface area contributed by atoms with E-state index in [1.807, 2.05) is 6.07 Å². The molecule has 0 bridgehead atoms. The highest BCUT2D eigenvalue weighted by Gasteiger charge is 2.41. The molecule has 0 atom stereocenters. The Balaban J connectivity index is 1.58. The number of aryl methyl sites for hydroxylation is 1. The van der Waals surface area contributed by atoms with E-state index in [2.05, 4.69) is 30.6 Å². The molecule has 10 nitrogen and oxygen atoms in total. The third-order valence-corrected chi connectivity index (χ3v) is 5.38. The molecule has 0 aliphatic heterocycles. The molecule has 184 valence electrons. The molecule has 4 heterocycles. The van der Waals surface area contributed by atoms with Gasteiger partial charge in [0.2, 0.25) is 0 Å². The van der Waals surface area contributed by atoms with Crippen LogP contribution in [0.1, 0.15) is 27.3 Å². The van der Waals surface area contributed by atoms with Crippen molar-refractivity contribution in [1.82, 2.24) is 34.7 Å². The molecule has 0 fully saturated rings. The van der Waals surface area contributed by atoms with Crippen LogP contribution in [0.3, 0.4) is 0 Å². The van der Waals surface area contributed by atoms with Crippen molar-refractivity contribution in [2.24, 2.45) is 0 Å². The Morgan fingerprint density at radius 2 is 1.86 bits per heavy atom. The third kappa shape index (κ3) is 4.12. The lowest BCUT2D eigenvalue weighted by molar-refractivity contribution is -0.143. The van der Waals surface area contributed by atoms with Gasteiger partial charge in [0.15, 0.2) is 11.5 Å². The zero-order valence-corrected chi connectivity index (χ0v) is 18.7. The third-order valence-electron chi connectivity index (χ3n) is 5.38. The standard InChI is InChI=1S/C23H13F4N9O/c1-12-17(9-13(10-28)21(33-12)36-30-7-8-31-36)34-22(37)15-11-32-35(20(15)23(25,26)27)18-5-6-29-19-14(18)3-2-4-16(19)24/h2-9,11H,1H3,(H,34,37). The highest BCUT2D eigenvalue weighted by Crippen LogP contribution is 2.35. The van der Waals surface area contributed by atoms with Crippen molar-refractivity contribution in [3.8, 4) is 17.6 Å². The van der Waals surface area contributed by atoms with Gasteiger partial charge in [-0.25, -0.2) is 14.1 Å². The quantitative estimate of drug-likeness (QED) is 0.365. The van der Waals surface area contributed by atoms with Crippen LogP contribution in [0.25, 0.3) is 22.4 Å². The number of alkyl halides is 3. The first-order chi connectivity index (χ1) is 17.7. The van der Waals surface area contributed by atoms with E-state index in [0.29, 0.717) is 4.68 Å². The smallest absolute Gasteiger partial charge is 0.320 e. The number of anilines is 1. The number of hydrogen-bond acceptors (Lipinski definition) is 7. The normalized spacial score (nSPS) is 11.5. The topological polar surface area (TPSA) is 127 Å². The monoisotopic (exact) mass is 507 g/mol. The Morgan fingerprint density at radius 1 is 1.11 bits per heavy atom. The molecule has 0 spiro atoms. The summed E-state index contributed by atoms with van der Waals surface area (Å²) >= 11 is 0. The predicted octanol–water partition coefficient (Wildman–Crippen LogP) is 3.99. The fraction of sp³-hybridized carbons (Fsp3) is 0.0870.